The first-order valence-electron chi connectivity index (χ1n) is 9.21. The van der Waals surface area contributed by atoms with E-state index in [2.05, 4.69) is 37.9 Å². The van der Waals surface area contributed by atoms with E-state index in [1.165, 1.54) is 18.5 Å². The Balaban J connectivity index is 1.39. The average Bonchev–Trinajstić information content (AvgIpc) is 3.26. The maximum absolute atomic E-state index is 12.3. The van der Waals surface area contributed by atoms with Crippen molar-refractivity contribution in [1.29, 1.82) is 0 Å². The molecule has 7 heteroatoms. The predicted octanol–water partition coefficient (Wildman–Crippen LogP) is 4.73. The predicted molar refractivity (Wildman–Crippen MR) is 113 cm³/mol. The molecule has 0 spiro atoms. The van der Waals surface area contributed by atoms with Gasteiger partial charge in [0.15, 0.2) is 11.5 Å². The first-order valence-corrected chi connectivity index (χ1v) is 9.58. The quantitative estimate of drug-likeness (QED) is 0.656. The van der Waals surface area contributed by atoms with E-state index in [4.69, 9.17) is 11.6 Å². The largest absolute Gasteiger partial charge is 0.372 e. The average molecular weight is 394 g/mol. The lowest BCUT2D eigenvalue weighted by atomic mass is 10.2. The minimum atomic E-state index is -0.359. The van der Waals surface area contributed by atoms with Crippen LogP contribution in [0.15, 0.2) is 60.7 Å². The molecule has 0 saturated carbocycles. The van der Waals surface area contributed by atoms with Crippen LogP contribution in [0.2, 0.25) is 5.02 Å². The highest BCUT2D eigenvalue weighted by atomic mass is 35.5. The number of carbonyl (C=O) groups is 1. The topological polar surface area (TPSA) is 70.2 Å². The number of hydrogen-bond acceptors (Lipinski definition) is 5. The van der Waals surface area contributed by atoms with E-state index in [0.29, 0.717) is 16.5 Å². The molecule has 1 saturated heterocycles. The van der Waals surface area contributed by atoms with Crippen LogP contribution >= 0.6 is 11.6 Å². The zero-order chi connectivity index (χ0) is 19.3. The van der Waals surface area contributed by atoms with Crippen LogP contribution in [0.1, 0.15) is 23.3 Å². The van der Waals surface area contributed by atoms with Crippen LogP contribution in [0.4, 0.5) is 22.9 Å². The first kappa shape index (κ1) is 18.3. The Labute approximate surface area is 168 Å². The molecule has 0 aliphatic carbocycles. The van der Waals surface area contributed by atoms with Gasteiger partial charge in [-0.2, -0.15) is 0 Å². The lowest BCUT2D eigenvalue weighted by Gasteiger charge is -2.17. The lowest BCUT2D eigenvalue weighted by Crippen LogP contribution is -2.17. The summed E-state index contributed by atoms with van der Waals surface area (Å²) in [6.45, 7) is 2.24. The van der Waals surface area contributed by atoms with Crippen molar-refractivity contribution in [2.45, 2.75) is 12.8 Å². The van der Waals surface area contributed by atoms with Crippen molar-refractivity contribution in [3.8, 4) is 0 Å². The molecular weight excluding hydrogens is 374 g/mol. The lowest BCUT2D eigenvalue weighted by molar-refractivity contribution is 0.102. The van der Waals surface area contributed by atoms with Crippen LogP contribution in [0.5, 0.6) is 0 Å². The first-order chi connectivity index (χ1) is 13.7. The van der Waals surface area contributed by atoms with E-state index < -0.39 is 0 Å². The molecule has 2 heterocycles. The molecule has 1 aromatic heterocycles. The monoisotopic (exact) mass is 393 g/mol. The van der Waals surface area contributed by atoms with Gasteiger partial charge in [0.2, 0.25) is 0 Å². The summed E-state index contributed by atoms with van der Waals surface area (Å²) in [4.78, 5) is 14.7. The van der Waals surface area contributed by atoms with Gasteiger partial charge < -0.3 is 15.5 Å². The van der Waals surface area contributed by atoms with Crippen LogP contribution in [0.25, 0.3) is 0 Å². The molecule has 6 nitrogen and oxygen atoms in total. The molecule has 142 valence electrons. The number of anilines is 4. The van der Waals surface area contributed by atoms with Crippen molar-refractivity contribution in [1.82, 2.24) is 10.2 Å². The Morgan fingerprint density at radius 1 is 0.929 bits per heavy atom. The minimum Gasteiger partial charge on any atom is -0.372 e. The second kappa shape index (κ2) is 8.27. The smallest absolute Gasteiger partial charge is 0.276 e. The maximum Gasteiger partial charge on any atom is 0.276 e. The van der Waals surface area contributed by atoms with Crippen molar-refractivity contribution in [3.63, 3.8) is 0 Å². The van der Waals surface area contributed by atoms with Crippen LogP contribution in [-0.2, 0) is 0 Å². The van der Waals surface area contributed by atoms with E-state index in [1.54, 1.807) is 36.4 Å². The molecule has 2 aromatic carbocycles. The van der Waals surface area contributed by atoms with Gasteiger partial charge in [0, 0.05) is 24.5 Å². The fourth-order valence-corrected chi connectivity index (χ4v) is 3.33. The Hall–Kier alpha value is -3.12. The number of carbonyl (C=O) groups excluding carboxylic acids is 1. The number of amides is 1. The number of para-hydroxylation sites is 1. The normalized spacial score (nSPS) is 13.4. The highest BCUT2D eigenvalue weighted by molar-refractivity contribution is 6.33. The number of hydrogen-bond donors (Lipinski definition) is 2. The van der Waals surface area contributed by atoms with Gasteiger partial charge in [-0.3, -0.25) is 4.79 Å². The summed E-state index contributed by atoms with van der Waals surface area (Å²) in [6, 6.07) is 18.6. The number of rotatable bonds is 5. The van der Waals surface area contributed by atoms with E-state index in [0.717, 1.165) is 18.8 Å². The number of nitrogens with one attached hydrogen (secondary N) is 2. The second-order valence-electron chi connectivity index (χ2n) is 6.60. The van der Waals surface area contributed by atoms with Gasteiger partial charge >= 0.3 is 0 Å². The standard InChI is InChI=1S/C21H20ClN5O/c22-17-5-1-2-6-18(17)24-21(28)19-11-12-20(26-25-19)23-15-7-9-16(10-8-15)27-13-3-4-14-27/h1-2,5-12H,3-4,13-14H2,(H,23,26)(H,24,28). The van der Waals surface area contributed by atoms with Gasteiger partial charge in [-0.25, -0.2) is 0 Å². The molecule has 0 bridgehead atoms. The third kappa shape index (κ3) is 4.23. The summed E-state index contributed by atoms with van der Waals surface area (Å²) in [6.07, 6.45) is 2.51. The Kier molecular flexibility index (Phi) is 5.39. The van der Waals surface area contributed by atoms with E-state index in [1.807, 2.05) is 12.1 Å². The molecule has 0 unspecified atom stereocenters. The molecule has 0 radical (unpaired) electrons. The number of aromatic nitrogens is 2. The summed E-state index contributed by atoms with van der Waals surface area (Å²) >= 11 is 6.06. The van der Waals surface area contributed by atoms with Gasteiger partial charge in [-0.15, -0.1) is 10.2 Å². The highest BCUT2D eigenvalue weighted by Crippen LogP contribution is 2.24. The van der Waals surface area contributed by atoms with Gasteiger partial charge in [-0.1, -0.05) is 23.7 Å². The third-order valence-corrected chi connectivity index (χ3v) is 4.96. The van der Waals surface area contributed by atoms with Crippen molar-refractivity contribution in [3.05, 3.63) is 71.4 Å². The third-order valence-electron chi connectivity index (χ3n) is 4.63. The maximum atomic E-state index is 12.3. The van der Waals surface area contributed by atoms with Crippen LogP contribution in [0, 0.1) is 0 Å². The minimum absolute atomic E-state index is 0.217. The van der Waals surface area contributed by atoms with Gasteiger partial charge in [0.25, 0.3) is 5.91 Å². The summed E-state index contributed by atoms with van der Waals surface area (Å²) in [5.41, 5.74) is 2.91. The molecule has 1 fully saturated rings. The molecular formula is C21H20ClN5O. The summed E-state index contributed by atoms with van der Waals surface area (Å²) in [5.74, 6) is 0.213. The molecule has 3 aromatic rings. The number of halogens is 1. The molecule has 0 atom stereocenters. The molecule has 28 heavy (non-hydrogen) atoms. The fourth-order valence-electron chi connectivity index (χ4n) is 3.15. The Bertz CT molecular complexity index is 953. The van der Waals surface area contributed by atoms with E-state index in [9.17, 15) is 4.79 Å². The Morgan fingerprint density at radius 2 is 1.68 bits per heavy atom. The molecule has 4 rings (SSSR count). The zero-order valence-corrected chi connectivity index (χ0v) is 16.0. The second-order valence-corrected chi connectivity index (χ2v) is 7.01. The van der Waals surface area contributed by atoms with Crippen molar-refractivity contribution < 1.29 is 4.79 Å². The summed E-state index contributed by atoms with van der Waals surface area (Å²) in [5, 5.41) is 14.5. The van der Waals surface area contributed by atoms with Gasteiger partial charge in [0.05, 0.1) is 10.7 Å². The van der Waals surface area contributed by atoms with Gasteiger partial charge in [0.1, 0.15) is 0 Å². The zero-order valence-electron chi connectivity index (χ0n) is 15.2. The van der Waals surface area contributed by atoms with E-state index in [-0.39, 0.29) is 11.6 Å². The number of nitrogens with zero attached hydrogens (tertiary/aromatic N) is 3. The van der Waals surface area contributed by atoms with Crippen molar-refractivity contribution >= 4 is 40.4 Å². The summed E-state index contributed by atoms with van der Waals surface area (Å²) in [7, 11) is 0. The highest BCUT2D eigenvalue weighted by Gasteiger charge is 2.12. The molecule has 1 amide bonds. The molecule has 1 aliphatic rings. The van der Waals surface area contributed by atoms with Crippen LogP contribution in [-0.4, -0.2) is 29.2 Å². The van der Waals surface area contributed by atoms with Gasteiger partial charge in [-0.05, 0) is 61.4 Å². The molecule has 1 aliphatic heterocycles. The summed E-state index contributed by atoms with van der Waals surface area (Å²) < 4.78 is 0. The van der Waals surface area contributed by atoms with Crippen molar-refractivity contribution in [2.24, 2.45) is 0 Å². The van der Waals surface area contributed by atoms with E-state index >= 15 is 0 Å². The van der Waals surface area contributed by atoms with Crippen molar-refractivity contribution in [2.75, 3.05) is 28.6 Å². The molecule has 2 N–H and O–H groups in total. The number of benzene rings is 2. The SMILES string of the molecule is O=C(Nc1ccccc1Cl)c1ccc(Nc2ccc(N3CCCC3)cc2)nn1. The van der Waals surface area contributed by atoms with Crippen LogP contribution < -0.4 is 15.5 Å². The Morgan fingerprint density at radius 3 is 2.36 bits per heavy atom. The van der Waals surface area contributed by atoms with Crippen LogP contribution in [0.3, 0.4) is 0 Å². The fraction of sp³-hybridized carbons (Fsp3) is 0.190.